The number of amides is 1. The van der Waals surface area contributed by atoms with Gasteiger partial charge in [0.2, 0.25) is 11.7 Å². The largest absolute Gasteiger partial charge is 0.493 e. The highest BCUT2D eigenvalue weighted by Crippen LogP contribution is 2.42. The number of benzene rings is 2. The summed E-state index contributed by atoms with van der Waals surface area (Å²) < 4.78 is 17.5. The van der Waals surface area contributed by atoms with E-state index in [1.54, 1.807) is 49.8 Å². The van der Waals surface area contributed by atoms with Gasteiger partial charge in [-0.2, -0.15) is 0 Å². The topological polar surface area (TPSA) is 94.8 Å². The van der Waals surface area contributed by atoms with Crippen LogP contribution in [0, 0.1) is 12.8 Å². The summed E-state index contributed by atoms with van der Waals surface area (Å²) in [6, 6.07) is 11.6. The van der Waals surface area contributed by atoms with Crippen LogP contribution >= 0.6 is 0 Å². The maximum absolute atomic E-state index is 13.7. The molecule has 1 unspecified atom stereocenters. The van der Waals surface area contributed by atoms with Crippen molar-refractivity contribution in [1.82, 2.24) is 9.97 Å². The summed E-state index contributed by atoms with van der Waals surface area (Å²) in [6.07, 6.45) is 3.10. The Balaban J connectivity index is 1.73. The Morgan fingerprint density at radius 1 is 1.06 bits per heavy atom. The van der Waals surface area contributed by atoms with Crippen LogP contribution in [0.1, 0.15) is 47.1 Å². The summed E-state index contributed by atoms with van der Waals surface area (Å²) in [7, 11) is 1.55. The molecule has 35 heavy (non-hydrogen) atoms. The quantitative estimate of drug-likeness (QED) is 0.403. The Labute approximate surface area is 202 Å². The first kappa shape index (κ1) is 22.6. The van der Waals surface area contributed by atoms with Gasteiger partial charge in [0.25, 0.3) is 5.91 Å². The molecule has 1 atom stereocenters. The van der Waals surface area contributed by atoms with Gasteiger partial charge in [-0.3, -0.25) is 14.5 Å². The lowest BCUT2D eigenvalue weighted by Crippen LogP contribution is -2.31. The minimum atomic E-state index is -0.797. The van der Waals surface area contributed by atoms with Gasteiger partial charge in [-0.05, 0) is 48.7 Å². The van der Waals surface area contributed by atoms with Crippen LogP contribution < -0.4 is 19.8 Å². The van der Waals surface area contributed by atoms with Gasteiger partial charge < -0.3 is 13.9 Å². The zero-order valence-electron chi connectivity index (χ0n) is 19.9. The van der Waals surface area contributed by atoms with Crippen LogP contribution in [0.3, 0.4) is 0 Å². The van der Waals surface area contributed by atoms with Gasteiger partial charge in [-0.1, -0.05) is 31.5 Å². The van der Waals surface area contributed by atoms with Gasteiger partial charge in [0, 0.05) is 12.4 Å². The summed E-state index contributed by atoms with van der Waals surface area (Å²) in [4.78, 5) is 37.3. The van der Waals surface area contributed by atoms with Crippen molar-refractivity contribution in [3.63, 3.8) is 0 Å². The van der Waals surface area contributed by atoms with E-state index in [4.69, 9.17) is 13.9 Å². The molecule has 0 saturated heterocycles. The highest BCUT2D eigenvalue weighted by molar-refractivity contribution is 6.09. The van der Waals surface area contributed by atoms with E-state index in [1.165, 1.54) is 4.90 Å². The lowest BCUT2D eigenvalue weighted by atomic mass is 9.98. The fourth-order valence-electron chi connectivity index (χ4n) is 4.25. The third kappa shape index (κ3) is 3.90. The van der Waals surface area contributed by atoms with Gasteiger partial charge in [-0.25, -0.2) is 9.97 Å². The van der Waals surface area contributed by atoms with E-state index < -0.39 is 11.9 Å². The van der Waals surface area contributed by atoms with Crippen molar-refractivity contribution in [2.45, 2.75) is 26.8 Å². The molecular weight excluding hydrogens is 446 g/mol. The highest BCUT2D eigenvalue weighted by atomic mass is 16.5. The van der Waals surface area contributed by atoms with Crippen molar-refractivity contribution < 1.29 is 18.7 Å². The Bertz CT molecular complexity index is 1480. The molecule has 1 aliphatic heterocycles. The summed E-state index contributed by atoms with van der Waals surface area (Å²) in [5.74, 6) is 1.11. The molecule has 8 nitrogen and oxygen atoms in total. The monoisotopic (exact) mass is 471 g/mol. The van der Waals surface area contributed by atoms with Crippen molar-refractivity contribution in [3.8, 4) is 11.5 Å². The molecule has 0 bridgehead atoms. The number of carbonyl (C=O) groups is 1. The van der Waals surface area contributed by atoms with Crippen LogP contribution in [0.5, 0.6) is 11.5 Å². The van der Waals surface area contributed by atoms with E-state index in [1.807, 2.05) is 19.1 Å². The second-order valence-electron chi connectivity index (χ2n) is 8.92. The third-order valence-electron chi connectivity index (χ3n) is 5.87. The van der Waals surface area contributed by atoms with Crippen molar-refractivity contribution in [2.24, 2.45) is 5.92 Å². The predicted octanol–water partition coefficient (Wildman–Crippen LogP) is 4.68. The molecule has 2 aromatic carbocycles. The first-order valence-corrected chi connectivity index (χ1v) is 11.4. The Hall–Kier alpha value is -4.20. The van der Waals surface area contributed by atoms with E-state index >= 15 is 0 Å². The van der Waals surface area contributed by atoms with Gasteiger partial charge in [0.1, 0.15) is 5.58 Å². The lowest BCUT2D eigenvalue weighted by molar-refractivity contribution is 0.0969. The molecule has 0 aliphatic carbocycles. The first-order valence-electron chi connectivity index (χ1n) is 11.4. The normalized spacial score (nSPS) is 15.1. The minimum Gasteiger partial charge on any atom is -0.493 e. The molecule has 0 N–H and O–H groups in total. The van der Waals surface area contributed by atoms with Crippen molar-refractivity contribution in [2.75, 3.05) is 18.6 Å². The minimum absolute atomic E-state index is 0.0112. The molecule has 178 valence electrons. The van der Waals surface area contributed by atoms with Crippen molar-refractivity contribution in [1.29, 1.82) is 0 Å². The number of anilines is 1. The Morgan fingerprint density at radius 2 is 1.83 bits per heavy atom. The number of hydrogen-bond acceptors (Lipinski definition) is 7. The van der Waals surface area contributed by atoms with E-state index in [0.717, 1.165) is 5.56 Å². The van der Waals surface area contributed by atoms with Crippen LogP contribution in [0.2, 0.25) is 0 Å². The third-order valence-corrected chi connectivity index (χ3v) is 5.87. The Kier molecular flexibility index (Phi) is 5.72. The molecule has 5 rings (SSSR count). The molecule has 0 spiro atoms. The maximum atomic E-state index is 13.7. The molecule has 2 aromatic heterocycles. The summed E-state index contributed by atoms with van der Waals surface area (Å²) in [5, 5.41) is 0.418. The average Bonchev–Trinajstić information content (AvgIpc) is 3.16. The van der Waals surface area contributed by atoms with E-state index in [2.05, 4.69) is 23.8 Å². The molecule has 0 saturated carbocycles. The number of aromatic nitrogens is 2. The molecule has 0 radical (unpaired) electrons. The molecule has 4 aromatic rings. The molecular formula is C27H25N3O5. The fourth-order valence-corrected chi connectivity index (χ4v) is 4.25. The molecule has 0 fully saturated rings. The number of aryl methyl sites for hydroxylation is 1. The number of hydrogen-bond donors (Lipinski definition) is 0. The van der Waals surface area contributed by atoms with Gasteiger partial charge >= 0.3 is 0 Å². The number of nitrogens with zero attached hydrogens (tertiary/aromatic N) is 3. The van der Waals surface area contributed by atoms with E-state index in [9.17, 15) is 9.59 Å². The molecule has 1 aliphatic rings. The summed E-state index contributed by atoms with van der Waals surface area (Å²) in [5.41, 5.74) is 1.91. The van der Waals surface area contributed by atoms with Crippen LogP contribution in [0.25, 0.3) is 11.0 Å². The van der Waals surface area contributed by atoms with Gasteiger partial charge in [0.15, 0.2) is 16.9 Å². The van der Waals surface area contributed by atoms with Crippen molar-refractivity contribution in [3.05, 3.63) is 87.5 Å². The standard InChI is InChI=1S/C27H25N3O5/c1-15(2)14-34-20-9-7-17(13-21(20)33-4)23-22-24(31)18-12-16(3)6-8-19(18)35-25(22)26(32)30(23)27-28-10-5-11-29-27/h5-13,15,23H,14H2,1-4H3. The molecule has 1 amide bonds. The zero-order valence-corrected chi connectivity index (χ0v) is 19.9. The zero-order chi connectivity index (χ0) is 24.7. The highest BCUT2D eigenvalue weighted by Gasteiger charge is 2.45. The number of fused-ring (bicyclic) bond motifs is 2. The number of carbonyl (C=O) groups excluding carboxylic acids is 1. The summed E-state index contributed by atoms with van der Waals surface area (Å²) in [6.45, 7) is 6.55. The van der Waals surface area contributed by atoms with Crippen LogP contribution in [0.15, 0.2) is 64.1 Å². The van der Waals surface area contributed by atoms with Gasteiger partial charge in [-0.15, -0.1) is 0 Å². The van der Waals surface area contributed by atoms with Crippen molar-refractivity contribution >= 4 is 22.8 Å². The summed E-state index contributed by atoms with van der Waals surface area (Å²) >= 11 is 0. The SMILES string of the molecule is COc1cc(C2c3c(oc4ccc(C)cc4c3=O)C(=O)N2c2ncccn2)ccc1OCC(C)C. The van der Waals surface area contributed by atoms with Crippen LogP contribution in [-0.2, 0) is 0 Å². The molecule has 3 heterocycles. The van der Waals surface area contributed by atoms with Crippen LogP contribution in [0.4, 0.5) is 5.95 Å². The molecule has 8 heteroatoms. The first-order chi connectivity index (χ1) is 16.9. The van der Waals surface area contributed by atoms with E-state index in [-0.39, 0.29) is 22.7 Å². The smallest absolute Gasteiger partial charge is 0.297 e. The second kappa shape index (κ2) is 8.87. The number of rotatable bonds is 6. The number of methoxy groups -OCH3 is 1. The maximum Gasteiger partial charge on any atom is 0.297 e. The second-order valence-corrected chi connectivity index (χ2v) is 8.92. The number of ether oxygens (including phenoxy) is 2. The lowest BCUT2D eigenvalue weighted by Gasteiger charge is -2.24. The van der Waals surface area contributed by atoms with Gasteiger partial charge in [0.05, 0.1) is 30.7 Å². The fraction of sp³-hybridized carbons (Fsp3) is 0.259. The predicted molar refractivity (Wildman–Crippen MR) is 131 cm³/mol. The van der Waals surface area contributed by atoms with Crippen LogP contribution in [-0.4, -0.2) is 29.6 Å². The Morgan fingerprint density at radius 3 is 2.54 bits per heavy atom. The average molecular weight is 472 g/mol. The van der Waals surface area contributed by atoms with E-state index in [0.29, 0.717) is 40.6 Å².